The van der Waals surface area contributed by atoms with Crippen molar-refractivity contribution in [2.75, 3.05) is 5.32 Å². The van der Waals surface area contributed by atoms with Crippen molar-refractivity contribution in [2.45, 2.75) is 25.6 Å². The highest BCUT2D eigenvalue weighted by Gasteiger charge is 2.44. The first-order chi connectivity index (χ1) is 14.4. The molecule has 0 radical (unpaired) electrons. The van der Waals surface area contributed by atoms with Gasteiger partial charge >= 0.3 is 6.18 Å². The van der Waals surface area contributed by atoms with E-state index >= 15 is 0 Å². The minimum Gasteiger partial charge on any atom is -0.319 e. The number of hydrogen-bond acceptors (Lipinski definition) is 3. The van der Waals surface area contributed by atoms with Gasteiger partial charge < -0.3 is 5.32 Å². The van der Waals surface area contributed by atoms with E-state index in [-0.39, 0.29) is 17.5 Å². The van der Waals surface area contributed by atoms with E-state index in [2.05, 4.69) is 0 Å². The number of fused-ring (bicyclic) bond motifs is 1. The van der Waals surface area contributed by atoms with Gasteiger partial charge in [0.2, 0.25) is 5.91 Å². The molecule has 31 heavy (non-hydrogen) atoms. The van der Waals surface area contributed by atoms with Crippen molar-refractivity contribution in [3.8, 4) is 0 Å². The quantitative estimate of drug-likeness (QED) is 0.432. The number of benzene rings is 2. The maximum atomic E-state index is 14.1. The van der Waals surface area contributed by atoms with Gasteiger partial charge in [0.05, 0.1) is 11.1 Å². The second-order valence-electron chi connectivity index (χ2n) is 6.44. The van der Waals surface area contributed by atoms with Crippen molar-refractivity contribution in [1.29, 1.82) is 0 Å². The first kappa shape index (κ1) is 22.2. The van der Waals surface area contributed by atoms with Crippen LogP contribution in [-0.4, -0.2) is 28.7 Å². The summed E-state index contributed by atoms with van der Waals surface area (Å²) < 4.78 is 93.7. The van der Waals surface area contributed by atoms with Gasteiger partial charge in [-0.15, -0.1) is 0 Å². The summed E-state index contributed by atoms with van der Waals surface area (Å²) in [6.45, 7) is 1.33. The van der Waals surface area contributed by atoms with Gasteiger partial charge in [0, 0.05) is 0 Å². The van der Waals surface area contributed by atoms with E-state index in [4.69, 9.17) is 0 Å². The average molecular weight is 448 g/mol. The minimum absolute atomic E-state index is 0.0391. The van der Waals surface area contributed by atoms with E-state index in [0.717, 1.165) is 0 Å². The molecule has 0 bridgehead atoms. The number of nitrogens with zero attached hydrogens (tertiary/aromatic N) is 1. The van der Waals surface area contributed by atoms with Crippen LogP contribution in [0.2, 0.25) is 0 Å². The smallest absolute Gasteiger partial charge is 0.319 e. The van der Waals surface area contributed by atoms with E-state index in [1.165, 1.54) is 36.5 Å². The Bertz CT molecular complexity index is 1050. The zero-order chi connectivity index (χ0) is 23.2. The molecule has 0 aromatic heterocycles. The summed E-state index contributed by atoms with van der Waals surface area (Å²) in [5.41, 5.74) is -4.69. The number of alkyl halides is 3. The van der Waals surface area contributed by atoms with Crippen LogP contribution >= 0.6 is 0 Å². The molecule has 5 nitrogen and oxygen atoms in total. The Morgan fingerprint density at radius 3 is 1.77 bits per heavy atom. The molecule has 1 aliphatic rings. The first-order valence-electron chi connectivity index (χ1n) is 8.62. The molecule has 3 amide bonds. The van der Waals surface area contributed by atoms with Crippen molar-refractivity contribution >= 4 is 23.4 Å². The Morgan fingerprint density at radius 1 is 0.935 bits per heavy atom. The lowest BCUT2D eigenvalue weighted by atomic mass is 10.1. The van der Waals surface area contributed by atoms with Crippen LogP contribution in [0.3, 0.4) is 0 Å². The molecule has 0 fully saturated rings. The zero-order valence-electron chi connectivity index (χ0n) is 15.4. The highest BCUT2D eigenvalue weighted by Crippen LogP contribution is 2.38. The standard InChI is InChI=1S/C19H11F7N2O3/c1-2-9(28-17(30)7-5-3-4-6-8(7)18(28)31)16(29)27-15-13(22)11(20)10(19(24,25)26)12(21)14(15)23/h3-6,9H,2H2,1H3,(H,27,29)/t9-/m0/s1. The summed E-state index contributed by atoms with van der Waals surface area (Å²) in [6.07, 6.45) is -6.02. The molecule has 12 heteroatoms. The summed E-state index contributed by atoms with van der Waals surface area (Å²) >= 11 is 0. The number of nitrogens with one attached hydrogen (secondary N) is 1. The Labute approximate surface area is 169 Å². The lowest BCUT2D eigenvalue weighted by Gasteiger charge is -2.24. The minimum atomic E-state index is -5.75. The van der Waals surface area contributed by atoms with Gasteiger partial charge in [-0.2, -0.15) is 13.2 Å². The molecule has 0 unspecified atom stereocenters. The number of amides is 3. The fraction of sp³-hybridized carbons (Fsp3) is 0.211. The van der Waals surface area contributed by atoms with Crippen LogP contribution in [0.25, 0.3) is 0 Å². The topological polar surface area (TPSA) is 66.5 Å². The van der Waals surface area contributed by atoms with Crippen molar-refractivity contribution in [3.05, 3.63) is 64.2 Å². The van der Waals surface area contributed by atoms with Crippen LogP contribution < -0.4 is 5.32 Å². The molecular formula is C19H11F7N2O3. The fourth-order valence-corrected chi connectivity index (χ4v) is 3.17. The van der Waals surface area contributed by atoms with Crippen LogP contribution in [0.4, 0.5) is 36.4 Å². The van der Waals surface area contributed by atoms with Gasteiger partial charge in [-0.1, -0.05) is 19.1 Å². The van der Waals surface area contributed by atoms with Crippen LogP contribution in [0.15, 0.2) is 24.3 Å². The van der Waals surface area contributed by atoms with Crippen molar-refractivity contribution in [3.63, 3.8) is 0 Å². The average Bonchev–Trinajstić information content (AvgIpc) is 2.95. The number of carbonyl (C=O) groups excluding carboxylic acids is 3. The molecule has 164 valence electrons. The predicted octanol–water partition coefficient (Wildman–Crippen LogP) is 4.28. The molecular weight excluding hydrogens is 437 g/mol. The Hall–Kier alpha value is -3.44. The summed E-state index contributed by atoms with van der Waals surface area (Å²) in [5, 5.41) is 1.45. The second kappa shape index (κ2) is 7.67. The van der Waals surface area contributed by atoms with Gasteiger partial charge in [0.25, 0.3) is 11.8 Å². The second-order valence-corrected chi connectivity index (χ2v) is 6.44. The summed E-state index contributed by atoms with van der Waals surface area (Å²) in [4.78, 5) is 38.0. The van der Waals surface area contributed by atoms with Crippen LogP contribution in [0.1, 0.15) is 39.6 Å². The summed E-state index contributed by atoms with van der Waals surface area (Å²) in [7, 11) is 0. The molecule has 2 aromatic carbocycles. The number of hydrogen-bond donors (Lipinski definition) is 1. The fourth-order valence-electron chi connectivity index (χ4n) is 3.17. The van der Waals surface area contributed by atoms with Gasteiger partial charge in [0.15, 0.2) is 23.3 Å². The Balaban J connectivity index is 1.98. The van der Waals surface area contributed by atoms with Crippen molar-refractivity contribution in [2.24, 2.45) is 0 Å². The van der Waals surface area contributed by atoms with E-state index < -0.39 is 64.5 Å². The van der Waals surface area contributed by atoms with Crippen molar-refractivity contribution in [1.82, 2.24) is 4.90 Å². The maximum absolute atomic E-state index is 14.1. The molecule has 2 aromatic rings. The molecule has 0 aliphatic carbocycles. The lowest BCUT2D eigenvalue weighted by molar-refractivity contribution is -0.143. The third-order valence-corrected chi connectivity index (χ3v) is 4.62. The van der Waals surface area contributed by atoms with Crippen molar-refractivity contribution < 1.29 is 45.1 Å². The van der Waals surface area contributed by atoms with E-state index in [0.29, 0.717) is 4.90 Å². The highest BCUT2D eigenvalue weighted by atomic mass is 19.4. The molecule has 3 rings (SSSR count). The lowest BCUT2D eigenvalue weighted by Crippen LogP contribution is -2.47. The van der Waals surface area contributed by atoms with E-state index in [9.17, 15) is 45.1 Å². The molecule has 1 aliphatic heterocycles. The largest absolute Gasteiger partial charge is 0.422 e. The van der Waals surface area contributed by atoms with E-state index in [1.54, 1.807) is 0 Å². The number of halogens is 7. The molecule has 1 N–H and O–H groups in total. The Morgan fingerprint density at radius 2 is 1.39 bits per heavy atom. The van der Waals surface area contributed by atoms with E-state index in [1.807, 2.05) is 0 Å². The van der Waals surface area contributed by atoms with Gasteiger partial charge in [-0.05, 0) is 18.6 Å². The Kier molecular flexibility index (Phi) is 5.51. The van der Waals surface area contributed by atoms with Crippen LogP contribution in [0.5, 0.6) is 0 Å². The number of imide groups is 1. The molecule has 0 saturated carbocycles. The number of rotatable bonds is 4. The van der Waals surface area contributed by atoms with Crippen LogP contribution in [0, 0.1) is 23.3 Å². The van der Waals surface area contributed by atoms with Gasteiger partial charge in [0.1, 0.15) is 17.3 Å². The molecule has 1 heterocycles. The first-order valence-corrected chi connectivity index (χ1v) is 8.62. The van der Waals surface area contributed by atoms with Gasteiger partial charge in [-0.25, -0.2) is 17.6 Å². The highest BCUT2D eigenvalue weighted by molar-refractivity contribution is 6.23. The molecule has 0 spiro atoms. The SMILES string of the molecule is CC[C@@H](C(=O)Nc1c(F)c(F)c(C(F)(F)F)c(F)c1F)N1C(=O)c2ccccc2C1=O. The molecule has 1 atom stereocenters. The zero-order valence-corrected chi connectivity index (χ0v) is 15.4. The maximum Gasteiger partial charge on any atom is 0.422 e. The third-order valence-electron chi connectivity index (χ3n) is 4.62. The monoisotopic (exact) mass is 448 g/mol. The summed E-state index contributed by atoms with van der Waals surface area (Å²) in [5.74, 6) is -13.7. The third kappa shape index (κ3) is 3.51. The van der Waals surface area contributed by atoms with Gasteiger partial charge in [-0.3, -0.25) is 19.3 Å². The number of anilines is 1. The predicted molar refractivity (Wildman–Crippen MR) is 90.9 cm³/mol. The molecule has 0 saturated heterocycles. The number of carbonyl (C=O) groups is 3. The summed E-state index contributed by atoms with van der Waals surface area (Å²) in [6, 6.07) is 3.85. The van der Waals surface area contributed by atoms with Crippen LogP contribution in [-0.2, 0) is 11.0 Å². The normalized spacial score (nSPS) is 14.6.